The molecule has 0 aliphatic carbocycles. The van der Waals surface area contributed by atoms with Crippen molar-refractivity contribution in [2.24, 2.45) is 0 Å². The molecule has 2 amide bonds. The lowest BCUT2D eigenvalue weighted by atomic mass is 9.82. The minimum absolute atomic E-state index is 0.00558. The number of nitrogens with zero attached hydrogens (tertiary/aromatic N) is 2. The van der Waals surface area contributed by atoms with E-state index >= 15 is 0 Å². The molecule has 36 heavy (non-hydrogen) atoms. The summed E-state index contributed by atoms with van der Waals surface area (Å²) in [5.74, 6) is 0.0483. The lowest BCUT2D eigenvalue weighted by Gasteiger charge is -2.46. The predicted molar refractivity (Wildman–Crippen MR) is 136 cm³/mol. The van der Waals surface area contributed by atoms with Crippen molar-refractivity contribution in [2.75, 3.05) is 19.7 Å². The number of hydrogen-bond donors (Lipinski definition) is 2. The number of aromatic nitrogens is 2. The van der Waals surface area contributed by atoms with Gasteiger partial charge in [0.1, 0.15) is 11.2 Å². The first-order valence-electron chi connectivity index (χ1n) is 12.7. The molecular weight excluding hydrogens is 456 g/mol. The van der Waals surface area contributed by atoms with Gasteiger partial charge >= 0.3 is 0 Å². The van der Waals surface area contributed by atoms with Crippen molar-refractivity contribution in [3.8, 4) is 0 Å². The first kappa shape index (κ1) is 22.8. The number of likely N-dealkylation sites (tertiary alicyclic amines) is 1. The van der Waals surface area contributed by atoms with Crippen LogP contribution in [0.4, 0.5) is 0 Å². The Labute approximate surface area is 209 Å². The zero-order valence-corrected chi connectivity index (χ0v) is 20.2. The smallest absolute Gasteiger partial charge is 0.257 e. The van der Waals surface area contributed by atoms with Gasteiger partial charge in [-0.1, -0.05) is 30.3 Å². The molecule has 2 aliphatic rings. The number of hydrogen-bond acceptors (Lipinski definition) is 5. The number of nitrogens with one attached hydrogen (secondary N) is 2. The van der Waals surface area contributed by atoms with E-state index in [4.69, 9.17) is 9.15 Å². The fourth-order valence-electron chi connectivity index (χ4n) is 5.67. The second-order valence-corrected chi connectivity index (χ2v) is 9.94. The van der Waals surface area contributed by atoms with E-state index in [1.807, 2.05) is 47.4 Å². The zero-order valence-electron chi connectivity index (χ0n) is 20.2. The molecule has 0 radical (unpaired) electrons. The molecule has 0 saturated carbocycles. The van der Waals surface area contributed by atoms with E-state index in [1.54, 1.807) is 12.5 Å². The van der Waals surface area contributed by atoms with Crippen LogP contribution < -0.4 is 5.32 Å². The molecule has 2 aliphatic heterocycles. The monoisotopic (exact) mass is 486 g/mol. The fourth-order valence-corrected chi connectivity index (χ4v) is 5.67. The molecule has 1 atom stereocenters. The Morgan fingerprint density at radius 3 is 2.78 bits per heavy atom. The van der Waals surface area contributed by atoms with Crippen molar-refractivity contribution in [1.82, 2.24) is 20.2 Å². The molecule has 2 fully saturated rings. The Kier molecular flexibility index (Phi) is 5.97. The van der Waals surface area contributed by atoms with Gasteiger partial charge in [0.15, 0.2) is 0 Å². The third-order valence-corrected chi connectivity index (χ3v) is 7.63. The maximum absolute atomic E-state index is 13.5. The number of benzene rings is 2. The van der Waals surface area contributed by atoms with E-state index < -0.39 is 0 Å². The van der Waals surface area contributed by atoms with Gasteiger partial charge in [0.2, 0.25) is 5.91 Å². The number of carbonyl (C=O) groups is 2. The maximum Gasteiger partial charge on any atom is 0.257 e. The number of carbonyl (C=O) groups excluding carboxylic acids is 2. The van der Waals surface area contributed by atoms with Gasteiger partial charge in [-0.05, 0) is 44.2 Å². The van der Waals surface area contributed by atoms with Gasteiger partial charge in [0.25, 0.3) is 5.91 Å². The number of imidazole rings is 1. The summed E-state index contributed by atoms with van der Waals surface area (Å²) in [6, 6.07) is 13.7. The average molecular weight is 487 g/mol. The standard InChI is InChI=1S/C28H30N4O4/c33-25(9-8-20-17-29-18-30-20)31-19-10-15-35-28(16-19)11-13-32(14-12-28)27(34)23-6-3-5-22-21-4-1-2-7-24(21)36-26(22)23/h1-7,17-19H,8-16H2,(H,29,30)(H,31,33). The number of rotatable bonds is 5. The van der Waals surface area contributed by atoms with Crippen molar-refractivity contribution in [3.05, 3.63) is 66.2 Å². The maximum atomic E-state index is 13.5. The van der Waals surface area contributed by atoms with Crippen LogP contribution in [0, 0.1) is 0 Å². The topological polar surface area (TPSA) is 100 Å². The van der Waals surface area contributed by atoms with Crippen LogP contribution in [0.5, 0.6) is 0 Å². The van der Waals surface area contributed by atoms with Crippen LogP contribution in [0.2, 0.25) is 0 Å². The highest BCUT2D eigenvalue weighted by Gasteiger charge is 2.41. The van der Waals surface area contributed by atoms with Crippen molar-refractivity contribution >= 4 is 33.8 Å². The first-order chi connectivity index (χ1) is 17.6. The Morgan fingerprint density at radius 2 is 1.94 bits per heavy atom. The minimum atomic E-state index is -0.290. The van der Waals surface area contributed by atoms with Crippen LogP contribution in [0.25, 0.3) is 21.9 Å². The molecule has 2 saturated heterocycles. The van der Waals surface area contributed by atoms with Crippen LogP contribution in [-0.2, 0) is 16.0 Å². The highest BCUT2D eigenvalue weighted by Crippen LogP contribution is 2.37. The van der Waals surface area contributed by atoms with Gasteiger partial charge in [-0.15, -0.1) is 0 Å². The highest BCUT2D eigenvalue weighted by molar-refractivity contribution is 6.13. The fraction of sp³-hybridized carbons (Fsp3) is 0.393. The number of furan rings is 1. The summed E-state index contributed by atoms with van der Waals surface area (Å²) in [7, 11) is 0. The summed E-state index contributed by atoms with van der Waals surface area (Å²) >= 11 is 0. The van der Waals surface area contributed by atoms with E-state index in [2.05, 4.69) is 15.3 Å². The zero-order chi connectivity index (χ0) is 24.5. The van der Waals surface area contributed by atoms with Gasteiger partial charge < -0.3 is 24.4 Å². The largest absolute Gasteiger partial charge is 0.455 e. The molecule has 4 aromatic rings. The number of H-pyrrole nitrogens is 1. The molecule has 186 valence electrons. The second-order valence-electron chi connectivity index (χ2n) is 9.94. The first-order valence-corrected chi connectivity index (χ1v) is 12.7. The molecule has 1 unspecified atom stereocenters. The second kappa shape index (κ2) is 9.43. The summed E-state index contributed by atoms with van der Waals surface area (Å²) in [5.41, 5.74) is 2.71. The quantitative estimate of drug-likeness (QED) is 0.440. The van der Waals surface area contributed by atoms with Gasteiger partial charge in [-0.3, -0.25) is 9.59 Å². The van der Waals surface area contributed by atoms with Crippen LogP contribution in [0.1, 0.15) is 48.2 Å². The van der Waals surface area contributed by atoms with Gasteiger partial charge in [-0.2, -0.15) is 0 Å². The molecular formula is C28H30N4O4. The predicted octanol–water partition coefficient (Wildman–Crippen LogP) is 4.21. The Morgan fingerprint density at radius 1 is 1.11 bits per heavy atom. The van der Waals surface area contributed by atoms with E-state index in [-0.39, 0.29) is 23.5 Å². The number of para-hydroxylation sites is 2. The third-order valence-electron chi connectivity index (χ3n) is 7.63. The number of amides is 2. The SMILES string of the molecule is O=C(CCc1cnc[nH]1)NC1CCOC2(CCN(C(=O)c3cccc4c3oc3ccccc34)CC2)C1. The van der Waals surface area contributed by atoms with Crippen LogP contribution in [-0.4, -0.2) is 58.0 Å². The van der Waals surface area contributed by atoms with Gasteiger partial charge in [0, 0.05) is 54.8 Å². The van der Waals surface area contributed by atoms with E-state index in [9.17, 15) is 9.59 Å². The van der Waals surface area contributed by atoms with Crippen molar-refractivity contribution in [1.29, 1.82) is 0 Å². The molecule has 2 N–H and O–H groups in total. The van der Waals surface area contributed by atoms with Crippen LogP contribution in [0.3, 0.4) is 0 Å². The molecule has 8 nitrogen and oxygen atoms in total. The lowest BCUT2D eigenvalue weighted by molar-refractivity contribution is -0.130. The molecule has 0 bridgehead atoms. The summed E-state index contributed by atoms with van der Waals surface area (Å²) in [4.78, 5) is 34.9. The Balaban J connectivity index is 1.09. The van der Waals surface area contributed by atoms with Crippen LogP contribution >= 0.6 is 0 Å². The molecule has 2 aromatic carbocycles. The van der Waals surface area contributed by atoms with E-state index in [0.29, 0.717) is 43.7 Å². The highest BCUT2D eigenvalue weighted by atomic mass is 16.5. The van der Waals surface area contributed by atoms with Crippen molar-refractivity contribution < 1.29 is 18.7 Å². The molecule has 6 rings (SSSR count). The summed E-state index contributed by atoms with van der Waals surface area (Å²) in [5, 5.41) is 5.19. The molecule has 1 spiro atoms. The Bertz CT molecular complexity index is 1390. The summed E-state index contributed by atoms with van der Waals surface area (Å²) < 4.78 is 12.3. The van der Waals surface area contributed by atoms with Gasteiger partial charge in [0.05, 0.1) is 17.5 Å². The minimum Gasteiger partial charge on any atom is -0.455 e. The number of piperidine rings is 1. The number of aromatic amines is 1. The molecule has 4 heterocycles. The third kappa shape index (κ3) is 4.37. The van der Waals surface area contributed by atoms with E-state index in [1.165, 1.54) is 0 Å². The molecule has 2 aromatic heterocycles. The van der Waals surface area contributed by atoms with Gasteiger partial charge in [-0.25, -0.2) is 4.98 Å². The molecule has 8 heteroatoms. The average Bonchev–Trinajstić information content (AvgIpc) is 3.55. The van der Waals surface area contributed by atoms with Crippen LogP contribution in [0.15, 0.2) is 59.4 Å². The summed E-state index contributed by atoms with van der Waals surface area (Å²) in [6.07, 6.45) is 7.57. The lowest BCUT2D eigenvalue weighted by Crippen LogP contribution is -2.54. The number of ether oxygens (including phenoxy) is 1. The summed E-state index contributed by atoms with van der Waals surface area (Å²) in [6.45, 7) is 1.86. The van der Waals surface area contributed by atoms with Crippen molar-refractivity contribution in [2.45, 2.75) is 50.2 Å². The normalized spacial score (nSPS) is 19.7. The number of aryl methyl sites for hydroxylation is 1. The van der Waals surface area contributed by atoms with E-state index in [0.717, 1.165) is 47.7 Å². The van der Waals surface area contributed by atoms with Crippen molar-refractivity contribution in [3.63, 3.8) is 0 Å². The Hall–Kier alpha value is -3.65. The number of fused-ring (bicyclic) bond motifs is 3.